The highest BCUT2D eigenvalue weighted by Gasteiger charge is 2.24. The lowest BCUT2D eigenvalue weighted by Crippen LogP contribution is -2.25. The predicted octanol–water partition coefficient (Wildman–Crippen LogP) is 1.89. The molecule has 1 aliphatic rings. The maximum Gasteiger partial charge on any atom is 0.344 e. The van der Waals surface area contributed by atoms with E-state index >= 15 is 0 Å². The van der Waals surface area contributed by atoms with Gasteiger partial charge in [-0.1, -0.05) is 12.8 Å². The molecule has 0 saturated carbocycles. The van der Waals surface area contributed by atoms with Crippen LogP contribution in [-0.2, 0) is 4.74 Å². The summed E-state index contributed by atoms with van der Waals surface area (Å²) in [5.74, 6) is -0.114. The van der Waals surface area contributed by atoms with E-state index in [-0.39, 0.29) is 5.82 Å². The Hall–Kier alpha value is -1.30. The van der Waals surface area contributed by atoms with Crippen molar-refractivity contribution in [3.8, 4) is 0 Å². The quantitative estimate of drug-likeness (QED) is 0.817. The Bertz CT molecular complexity index is 397. The van der Waals surface area contributed by atoms with Crippen molar-refractivity contribution in [3.05, 3.63) is 5.56 Å². The summed E-state index contributed by atoms with van der Waals surface area (Å²) < 4.78 is 8.83. The number of aromatic nitrogens is 1. The topological polar surface area (TPSA) is 68.5 Å². The SMILES string of the molecule is COC(=O)c1c(N)nsc1N1CCCCCC1. The normalized spacial score (nSPS) is 16.6. The van der Waals surface area contributed by atoms with Gasteiger partial charge in [0.2, 0.25) is 0 Å². The molecule has 6 heteroatoms. The standard InChI is InChI=1S/C11H17N3O2S/c1-16-11(15)8-9(12)13-17-10(8)14-6-4-2-3-5-7-14/h2-7H2,1H3,(H2,12,13). The number of nitrogens with zero attached hydrogens (tertiary/aromatic N) is 2. The Morgan fingerprint density at radius 3 is 2.59 bits per heavy atom. The summed E-state index contributed by atoms with van der Waals surface area (Å²) in [5.41, 5.74) is 6.17. The van der Waals surface area contributed by atoms with Crippen LogP contribution in [-0.4, -0.2) is 30.5 Å². The number of methoxy groups -OCH3 is 1. The summed E-state index contributed by atoms with van der Waals surface area (Å²) in [6.45, 7) is 1.93. The third kappa shape index (κ3) is 2.52. The number of carbonyl (C=O) groups excluding carboxylic acids is 1. The van der Waals surface area contributed by atoms with Crippen molar-refractivity contribution in [2.45, 2.75) is 25.7 Å². The van der Waals surface area contributed by atoms with Gasteiger partial charge in [-0.2, -0.15) is 4.37 Å². The Labute approximate surface area is 105 Å². The molecule has 0 atom stereocenters. The fraction of sp³-hybridized carbons (Fsp3) is 0.636. The fourth-order valence-electron chi connectivity index (χ4n) is 2.08. The van der Waals surface area contributed by atoms with E-state index in [0.29, 0.717) is 5.56 Å². The number of carbonyl (C=O) groups is 1. The minimum absolute atomic E-state index is 0.279. The average molecular weight is 255 g/mol. The van der Waals surface area contributed by atoms with E-state index in [1.165, 1.54) is 31.5 Å². The Morgan fingerprint density at radius 1 is 1.35 bits per heavy atom. The number of rotatable bonds is 2. The second-order valence-electron chi connectivity index (χ2n) is 4.14. The van der Waals surface area contributed by atoms with Crippen molar-refractivity contribution < 1.29 is 9.53 Å². The molecule has 1 saturated heterocycles. The van der Waals surface area contributed by atoms with Gasteiger partial charge in [-0.15, -0.1) is 0 Å². The molecule has 1 aromatic rings. The zero-order valence-corrected chi connectivity index (χ0v) is 10.8. The van der Waals surface area contributed by atoms with Crippen LogP contribution in [0.5, 0.6) is 0 Å². The van der Waals surface area contributed by atoms with Gasteiger partial charge in [0.25, 0.3) is 0 Å². The molecule has 0 radical (unpaired) electrons. The smallest absolute Gasteiger partial charge is 0.344 e. The molecule has 2 rings (SSSR count). The lowest BCUT2D eigenvalue weighted by Gasteiger charge is -2.20. The maximum atomic E-state index is 11.7. The Morgan fingerprint density at radius 2 is 2.00 bits per heavy atom. The molecule has 0 unspecified atom stereocenters. The van der Waals surface area contributed by atoms with E-state index in [1.807, 2.05) is 0 Å². The zero-order valence-electron chi connectivity index (χ0n) is 9.94. The van der Waals surface area contributed by atoms with Crippen LogP contribution in [0, 0.1) is 0 Å². The molecule has 0 aromatic carbocycles. The summed E-state index contributed by atoms with van der Waals surface area (Å²) >= 11 is 1.29. The molecule has 2 heterocycles. The van der Waals surface area contributed by atoms with Crippen LogP contribution >= 0.6 is 11.5 Å². The molecule has 5 nitrogen and oxygen atoms in total. The van der Waals surface area contributed by atoms with Crippen LogP contribution in [0.15, 0.2) is 0 Å². The largest absolute Gasteiger partial charge is 0.465 e. The average Bonchev–Trinajstić information content (AvgIpc) is 2.57. The van der Waals surface area contributed by atoms with Gasteiger partial charge in [0.05, 0.1) is 7.11 Å². The zero-order chi connectivity index (χ0) is 12.3. The van der Waals surface area contributed by atoms with Gasteiger partial charge in [0, 0.05) is 13.1 Å². The van der Waals surface area contributed by atoms with Gasteiger partial charge in [-0.3, -0.25) is 0 Å². The highest BCUT2D eigenvalue weighted by molar-refractivity contribution is 7.11. The summed E-state index contributed by atoms with van der Waals surface area (Å²) in [5, 5.41) is 0.858. The Balaban J connectivity index is 2.27. The minimum atomic E-state index is -0.393. The van der Waals surface area contributed by atoms with Crippen LogP contribution < -0.4 is 10.6 Å². The van der Waals surface area contributed by atoms with Crippen LogP contribution in [0.25, 0.3) is 0 Å². The first kappa shape index (κ1) is 12.2. The number of esters is 1. The molecule has 17 heavy (non-hydrogen) atoms. The molecule has 1 aliphatic heterocycles. The van der Waals surface area contributed by atoms with Crippen molar-refractivity contribution in [2.75, 3.05) is 30.8 Å². The number of hydrogen-bond donors (Lipinski definition) is 1. The first-order valence-electron chi connectivity index (χ1n) is 5.82. The summed E-state index contributed by atoms with van der Waals surface area (Å²) in [4.78, 5) is 13.9. The fourth-order valence-corrected chi connectivity index (χ4v) is 2.93. The number of nitrogens with two attached hydrogens (primary N) is 1. The van der Waals surface area contributed by atoms with E-state index in [4.69, 9.17) is 10.5 Å². The second kappa shape index (κ2) is 5.35. The van der Waals surface area contributed by atoms with Crippen LogP contribution in [0.1, 0.15) is 36.0 Å². The van der Waals surface area contributed by atoms with E-state index in [0.717, 1.165) is 30.9 Å². The molecule has 0 bridgehead atoms. The third-order valence-corrected chi connectivity index (χ3v) is 3.91. The van der Waals surface area contributed by atoms with Gasteiger partial charge in [-0.05, 0) is 24.4 Å². The van der Waals surface area contributed by atoms with Crippen molar-refractivity contribution in [3.63, 3.8) is 0 Å². The van der Waals surface area contributed by atoms with Crippen molar-refractivity contribution in [1.82, 2.24) is 4.37 Å². The summed E-state index contributed by atoms with van der Waals surface area (Å²) in [6.07, 6.45) is 4.80. The third-order valence-electron chi connectivity index (χ3n) is 2.98. The molecular formula is C11H17N3O2S. The number of ether oxygens (including phenoxy) is 1. The molecular weight excluding hydrogens is 238 g/mol. The van der Waals surface area contributed by atoms with Gasteiger partial charge in [-0.25, -0.2) is 4.79 Å². The van der Waals surface area contributed by atoms with Gasteiger partial charge in [0.15, 0.2) is 5.82 Å². The molecule has 0 spiro atoms. The Kier molecular flexibility index (Phi) is 3.83. The number of hydrogen-bond acceptors (Lipinski definition) is 6. The summed E-state index contributed by atoms with van der Waals surface area (Å²) in [6, 6.07) is 0. The van der Waals surface area contributed by atoms with Crippen molar-refractivity contribution in [1.29, 1.82) is 0 Å². The first-order valence-corrected chi connectivity index (χ1v) is 6.59. The highest BCUT2D eigenvalue weighted by Crippen LogP contribution is 2.32. The molecule has 1 fully saturated rings. The molecule has 1 aromatic heterocycles. The predicted molar refractivity (Wildman–Crippen MR) is 68.5 cm³/mol. The van der Waals surface area contributed by atoms with E-state index in [1.54, 1.807) is 0 Å². The summed E-state index contributed by atoms with van der Waals surface area (Å²) in [7, 11) is 1.37. The van der Waals surface area contributed by atoms with Crippen LogP contribution in [0.2, 0.25) is 0 Å². The maximum absolute atomic E-state index is 11.7. The molecule has 0 amide bonds. The van der Waals surface area contributed by atoms with Gasteiger partial charge >= 0.3 is 5.97 Å². The minimum Gasteiger partial charge on any atom is -0.465 e. The van der Waals surface area contributed by atoms with E-state index < -0.39 is 5.97 Å². The van der Waals surface area contributed by atoms with E-state index in [9.17, 15) is 4.79 Å². The van der Waals surface area contributed by atoms with Crippen molar-refractivity contribution >= 4 is 28.3 Å². The monoisotopic (exact) mass is 255 g/mol. The lowest BCUT2D eigenvalue weighted by molar-refractivity contribution is 0.0603. The highest BCUT2D eigenvalue weighted by atomic mass is 32.1. The van der Waals surface area contributed by atoms with Gasteiger partial charge in [0.1, 0.15) is 10.6 Å². The molecule has 0 aliphatic carbocycles. The lowest BCUT2D eigenvalue weighted by atomic mass is 10.2. The van der Waals surface area contributed by atoms with Gasteiger partial charge < -0.3 is 15.4 Å². The van der Waals surface area contributed by atoms with Crippen LogP contribution in [0.4, 0.5) is 10.8 Å². The van der Waals surface area contributed by atoms with Crippen LogP contribution in [0.3, 0.4) is 0 Å². The first-order chi connectivity index (χ1) is 8.24. The number of nitrogen functional groups attached to an aromatic ring is 1. The molecule has 2 N–H and O–H groups in total. The second-order valence-corrected chi connectivity index (χ2v) is 4.89. The number of anilines is 2. The van der Waals surface area contributed by atoms with Crippen molar-refractivity contribution in [2.24, 2.45) is 0 Å². The van der Waals surface area contributed by atoms with E-state index in [2.05, 4.69) is 9.27 Å². The molecule has 94 valence electrons.